The second kappa shape index (κ2) is 7.39. The summed E-state index contributed by atoms with van der Waals surface area (Å²) < 4.78 is 1.73. The van der Waals surface area contributed by atoms with Crippen LogP contribution in [-0.4, -0.2) is 32.4 Å². The first-order chi connectivity index (χ1) is 12.5. The number of nitrogens with one attached hydrogen (secondary N) is 1. The molecule has 6 heteroatoms. The standard InChI is InChI=1S/C20H21N3O3/c1-3-15-18(23-12-13(2)9-10-17(23)21-15)19(24)22-16(20(25)26)11-14-7-5-4-6-8-14/h4-10,12,16H,3,11H2,1-2H3,(H,22,24)(H,25,26). The number of hydrogen-bond donors (Lipinski definition) is 2. The molecule has 3 aromatic rings. The number of imidazole rings is 1. The van der Waals surface area contributed by atoms with Crippen LogP contribution in [0.2, 0.25) is 0 Å². The Labute approximate surface area is 151 Å². The average molecular weight is 351 g/mol. The molecule has 1 atom stereocenters. The lowest BCUT2D eigenvalue weighted by molar-refractivity contribution is -0.139. The molecule has 2 heterocycles. The van der Waals surface area contributed by atoms with Gasteiger partial charge < -0.3 is 10.4 Å². The lowest BCUT2D eigenvalue weighted by Gasteiger charge is -2.15. The Morgan fingerprint density at radius 3 is 2.58 bits per heavy atom. The van der Waals surface area contributed by atoms with E-state index in [9.17, 15) is 14.7 Å². The quantitative estimate of drug-likeness (QED) is 0.715. The number of hydrogen-bond acceptors (Lipinski definition) is 3. The zero-order valence-electron chi connectivity index (χ0n) is 14.8. The molecular formula is C20H21N3O3. The number of nitrogens with zero attached hydrogens (tertiary/aromatic N) is 2. The largest absolute Gasteiger partial charge is 0.480 e. The van der Waals surface area contributed by atoms with Crippen LogP contribution in [0.4, 0.5) is 0 Å². The minimum atomic E-state index is -1.06. The second-order valence-corrected chi connectivity index (χ2v) is 6.25. The van der Waals surface area contributed by atoms with Crippen molar-refractivity contribution in [3.63, 3.8) is 0 Å². The highest BCUT2D eigenvalue weighted by Crippen LogP contribution is 2.15. The van der Waals surface area contributed by atoms with Crippen molar-refractivity contribution >= 4 is 17.5 Å². The molecular weight excluding hydrogens is 330 g/mol. The normalized spacial score (nSPS) is 12.1. The number of carboxylic acid groups (broad SMARTS) is 1. The van der Waals surface area contributed by atoms with Crippen LogP contribution in [0, 0.1) is 6.92 Å². The summed E-state index contributed by atoms with van der Waals surface area (Å²) in [5, 5.41) is 12.2. The van der Waals surface area contributed by atoms with Gasteiger partial charge in [0.25, 0.3) is 5.91 Å². The number of aromatic nitrogens is 2. The van der Waals surface area contributed by atoms with Crippen molar-refractivity contribution in [2.45, 2.75) is 32.7 Å². The first-order valence-corrected chi connectivity index (χ1v) is 8.54. The third-order valence-electron chi connectivity index (χ3n) is 4.27. The predicted octanol–water partition coefficient (Wildman–Crippen LogP) is 2.63. The van der Waals surface area contributed by atoms with Crippen molar-refractivity contribution in [2.75, 3.05) is 0 Å². The highest BCUT2D eigenvalue weighted by Gasteiger charge is 2.25. The molecule has 6 nitrogen and oxygen atoms in total. The van der Waals surface area contributed by atoms with Gasteiger partial charge in [-0.3, -0.25) is 9.20 Å². The van der Waals surface area contributed by atoms with Gasteiger partial charge >= 0.3 is 5.97 Å². The summed E-state index contributed by atoms with van der Waals surface area (Å²) in [5.41, 5.74) is 3.56. The second-order valence-electron chi connectivity index (χ2n) is 6.25. The topological polar surface area (TPSA) is 83.7 Å². The molecule has 1 unspecified atom stereocenters. The van der Waals surface area contributed by atoms with Crippen molar-refractivity contribution in [3.8, 4) is 0 Å². The van der Waals surface area contributed by atoms with E-state index < -0.39 is 17.9 Å². The Hall–Kier alpha value is -3.15. The number of aliphatic carboxylic acids is 1. The zero-order valence-corrected chi connectivity index (χ0v) is 14.8. The lowest BCUT2D eigenvalue weighted by atomic mass is 10.1. The third-order valence-corrected chi connectivity index (χ3v) is 4.27. The Bertz CT molecular complexity index is 948. The van der Waals surface area contributed by atoms with Crippen molar-refractivity contribution in [1.29, 1.82) is 0 Å². The molecule has 0 bridgehead atoms. The molecule has 1 amide bonds. The Morgan fingerprint density at radius 2 is 1.92 bits per heavy atom. The van der Waals surface area contributed by atoms with Crippen molar-refractivity contribution in [1.82, 2.24) is 14.7 Å². The van der Waals surface area contributed by atoms with Crippen LogP contribution in [0.15, 0.2) is 48.7 Å². The number of fused-ring (bicyclic) bond motifs is 1. The van der Waals surface area contributed by atoms with E-state index in [1.807, 2.05) is 62.5 Å². The number of aryl methyl sites for hydroxylation is 2. The minimum absolute atomic E-state index is 0.221. The molecule has 0 saturated heterocycles. The molecule has 0 aliphatic rings. The summed E-state index contributed by atoms with van der Waals surface area (Å²) in [7, 11) is 0. The van der Waals surface area contributed by atoms with Gasteiger partial charge in [-0.15, -0.1) is 0 Å². The molecule has 3 rings (SSSR count). The Balaban J connectivity index is 1.91. The lowest BCUT2D eigenvalue weighted by Crippen LogP contribution is -2.43. The molecule has 0 fully saturated rings. The van der Waals surface area contributed by atoms with E-state index in [4.69, 9.17) is 0 Å². The summed E-state index contributed by atoms with van der Waals surface area (Å²) in [6, 6.07) is 12.0. The van der Waals surface area contributed by atoms with Gasteiger partial charge in [0, 0.05) is 12.6 Å². The number of benzene rings is 1. The summed E-state index contributed by atoms with van der Waals surface area (Å²) in [4.78, 5) is 29.0. The smallest absolute Gasteiger partial charge is 0.326 e. The van der Waals surface area contributed by atoms with Gasteiger partial charge in [0.05, 0.1) is 5.69 Å². The molecule has 2 N–H and O–H groups in total. The molecule has 0 radical (unpaired) electrons. The van der Waals surface area contributed by atoms with Crippen molar-refractivity contribution in [3.05, 3.63) is 71.2 Å². The number of rotatable bonds is 6. The third kappa shape index (κ3) is 3.59. The molecule has 0 spiro atoms. The number of carbonyl (C=O) groups excluding carboxylic acids is 1. The number of carboxylic acids is 1. The van der Waals surface area contributed by atoms with Crippen LogP contribution in [0.3, 0.4) is 0 Å². The van der Waals surface area contributed by atoms with Crippen LogP contribution in [-0.2, 0) is 17.6 Å². The van der Waals surface area contributed by atoms with E-state index in [0.717, 1.165) is 11.1 Å². The zero-order chi connectivity index (χ0) is 18.7. The van der Waals surface area contributed by atoms with E-state index in [1.54, 1.807) is 4.40 Å². The van der Waals surface area contributed by atoms with Crippen LogP contribution in [0.1, 0.15) is 34.2 Å². The Kier molecular flexibility index (Phi) is 5.02. The molecule has 0 aliphatic carbocycles. The van der Waals surface area contributed by atoms with Crippen LogP contribution in [0.25, 0.3) is 5.65 Å². The predicted molar refractivity (Wildman–Crippen MR) is 98.3 cm³/mol. The Morgan fingerprint density at radius 1 is 1.19 bits per heavy atom. The first kappa shape index (κ1) is 17.7. The SMILES string of the molecule is CCc1nc2ccc(C)cn2c1C(=O)NC(Cc1ccccc1)C(=O)O. The minimum Gasteiger partial charge on any atom is -0.480 e. The maximum atomic E-state index is 12.9. The van der Waals surface area contributed by atoms with Crippen molar-refractivity contribution < 1.29 is 14.7 Å². The maximum absolute atomic E-state index is 12.9. The summed E-state index contributed by atoms with van der Waals surface area (Å²) >= 11 is 0. The van der Waals surface area contributed by atoms with E-state index >= 15 is 0 Å². The van der Waals surface area contributed by atoms with Crippen LogP contribution < -0.4 is 5.32 Å². The van der Waals surface area contributed by atoms with Gasteiger partial charge in [-0.2, -0.15) is 0 Å². The van der Waals surface area contributed by atoms with Gasteiger partial charge in [0.15, 0.2) is 0 Å². The van der Waals surface area contributed by atoms with E-state index in [2.05, 4.69) is 10.3 Å². The summed E-state index contributed by atoms with van der Waals surface area (Å²) in [5.74, 6) is -1.49. The molecule has 134 valence electrons. The van der Waals surface area contributed by atoms with E-state index in [0.29, 0.717) is 23.5 Å². The summed E-state index contributed by atoms with van der Waals surface area (Å²) in [6.45, 7) is 3.85. The molecule has 26 heavy (non-hydrogen) atoms. The monoisotopic (exact) mass is 351 g/mol. The van der Waals surface area contributed by atoms with Gasteiger partial charge in [-0.1, -0.05) is 43.3 Å². The molecule has 0 saturated carbocycles. The van der Waals surface area contributed by atoms with E-state index in [1.165, 1.54) is 0 Å². The van der Waals surface area contributed by atoms with E-state index in [-0.39, 0.29) is 6.42 Å². The highest BCUT2D eigenvalue weighted by atomic mass is 16.4. The van der Waals surface area contributed by atoms with Crippen LogP contribution >= 0.6 is 0 Å². The molecule has 1 aromatic carbocycles. The van der Waals surface area contributed by atoms with Gasteiger partial charge in [0.1, 0.15) is 17.4 Å². The number of carbonyl (C=O) groups is 2. The van der Waals surface area contributed by atoms with Crippen LogP contribution in [0.5, 0.6) is 0 Å². The highest BCUT2D eigenvalue weighted by molar-refractivity contribution is 5.97. The maximum Gasteiger partial charge on any atom is 0.326 e. The molecule has 2 aromatic heterocycles. The van der Waals surface area contributed by atoms with Gasteiger partial charge in [-0.25, -0.2) is 9.78 Å². The molecule has 0 aliphatic heterocycles. The summed E-state index contributed by atoms with van der Waals surface area (Å²) in [6.07, 6.45) is 2.64. The fraction of sp³-hybridized carbons (Fsp3) is 0.250. The fourth-order valence-corrected chi connectivity index (χ4v) is 2.96. The van der Waals surface area contributed by atoms with Gasteiger partial charge in [0.2, 0.25) is 0 Å². The fourth-order valence-electron chi connectivity index (χ4n) is 2.96. The average Bonchev–Trinajstić information content (AvgIpc) is 2.99. The number of pyridine rings is 1. The van der Waals surface area contributed by atoms with Crippen molar-refractivity contribution in [2.24, 2.45) is 0 Å². The van der Waals surface area contributed by atoms with Gasteiger partial charge in [-0.05, 0) is 30.5 Å². The first-order valence-electron chi connectivity index (χ1n) is 8.54. The number of amides is 1.